The first-order chi connectivity index (χ1) is 12.6. The zero-order valence-corrected chi connectivity index (χ0v) is 15.9. The first-order valence-corrected chi connectivity index (χ1v) is 9.57. The second kappa shape index (κ2) is 7.47. The summed E-state index contributed by atoms with van der Waals surface area (Å²) in [6, 6.07) is 11.5. The number of hydrogen-bond acceptors (Lipinski definition) is 3. The number of nitrogens with zero attached hydrogens (tertiary/aromatic N) is 2. The monoisotopic (exact) mass is 390 g/mol. The quantitative estimate of drug-likeness (QED) is 0.796. The number of rotatable bonds is 3. The fourth-order valence-electron chi connectivity index (χ4n) is 3.52. The maximum Gasteiger partial charge on any atom is 0.253 e. The molecule has 0 aromatic heterocycles. The van der Waals surface area contributed by atoms with Crippen molar-refractivity contribution in [2.24, 2.45) is 0 Å². The highest BCUT2D eigenvalue weighted by atomic mass is 35.5. The number of carbonyl (C=O) groups is 1. The molecule has 0 aliphatic carbocycles. The third kappa shape index (κ3) is 3.68. The lowest BCUT2D eigenvalue weighted by molar-refractivity contribution is 0.0628. The van der Waals surface area contributed by atoms with Crippen LogP contribution in [0.4, 0.5) is 0 Å². The summed E-state index contributed by atoms with van der Waals surface area (Å²) >= 11 is 12.0. The third-order valence-corrected chi connectivity index (χ3v) is 5.73. The summed E-state index contributed by atoms with van der Waals surface area (Å²) in [6.07, 6.45) is 0.995. The molecule has 2 aromatic carbocycles. The minimum atomic E-state index is 0.0119. The highest BCUT2D eigenvalue weighted by molar-refractivity contribution is 6.42. The van der Waals surface area contributed by atoms with Crippen molar-refractivity contribution in [1.82, 2.24) is 9.80 Å². The summed E-state index contributed by atoms with van der Waals surface area (Å²) < 4.78 is 5.57. The van der Waals surface area contributed by atoms with Crippen molar-refractivity contribution < 1.29 is 9.53 Å². The highest BCUT2D eigenvalue weighted by Gasteiger charge is 2.23. The lowest BCUT2D eigenvalue weighted by atomic mass is 10.1. The second-order valence-corrected chi connectivity index (χ2v) is 7.55. The van der Waals surface area contributed by atoms with E-state index in [1.54, 1.807) is 18.2 Å². The van der Waals surface area contributed by atoms with E-state index in [0.29, 0.717) is 28.7 Å². The van der Waals surface area contributed by atoms with Crippen molar-refractivity contribution in [1.29, 1.82) is 0 Å². The van der Waals surface area contributed by atoms with Crippen LogP contribution in [0.3, 0.4) is 0 Å². The van der Waals surface area contributed by atoms with Gasteiger partial charge < -0.3 is 9.64 Å². The van der Waals surface area contributed by atoms with Gasteiger partial charge in [-0.1, -0.05) is 35.3 Å². The van der Waals surface area contributed by atoms with E-state index >= 15 is 0 Å². The summed E-state index contributed by atoms with van der Waals surface area (Å²) in [5.41, 5.74) is 3.20. The minimum absolute atomic E-state index is 0.0119. The number of ether oxygens (including phenoxy) is 1. The smallest absolute Gasteiger partial charge is 0.253 e. The largest absolute Gasteiger partial charge is 0.493 e. The molecule has 0 spiro atoms. The average molecular weight is 391 g/mol. The van der Waals surface area contributed by atoms with Crippen LogP contribution in [-0.2, 0) is 13.0 Å². The van der Waals surface area contributed by atoms with Crippen molar-refractivity contribution in [2.75, 3.05) is 32.8 Å². The molecule has 4 rings (SSSR count). The molecule has 0 radical (unpaired) electrons. The molecule has 136 valence electrons. The van der Waals surface area contributed by atoms with Crippen LogP contribution in [0.2, 0.25) is 10.0 Å². The van der Waals surface area contributed by atoms with Crippen LogP contribution >= 0.6 is 23.2 Å². The Hall–Kier alpha value is -1.75. The number of benzene rings is 2. The van der Waals surface area contributed by atoms with Gasteiger partial charge in [-0.2, -0.15) is 0 Å². The molecule has 0 bridgehead atoms. The van der Waals surface area contributed by atoms with Gasteiger partial charge in [0.25, 0.3) is 5.91 Å². The Kier molecular flexibility index (Phi) is 5.07. The normalized spacial score (nSPS) is 17.1. The van der Waals surface area contributed by atoms with Crippen molar-refractivity contribution in [3.8, 4) is 5.75 Å². The molecule has 0 atom stereocenters. The van der Waals surface area contributed by atoms with Gasteiger partial charge in [0, 0.05) is 44.7 Å². The molecule has 1 amide bonds. The summed E-state index contributed by atoms with van der Waals surface area (Å²) in [5.74, 6) is 1.03. The number of halogens is 2. The topological polar surface area (TPSA) is 32.8 Å². The van der Waals surface area contributed by atoms with E-state index in [2.05, 4.69) is 23.1 Å². The molecule has 0 N–H and O–H groups in total. The van der Waals surface area contributed by atoms with Crippen molar-refractivity contribution in [3.05, 3.63) is 63.1 Å². The molecule has 0 unspecified atom stereocenters. The van der Waals surface area contributed by atoms with Crippen LogP contribution in [0.15, 0.2) is 36.4 Å². The first kappa shape index (κ1) is 17.7. The number of piperazine rings is 1. The van der Waals surface area contributed by atoms with E-state index < -0.39 is 0 Å². The van der Waals surface area contributed by atoms with Crippen molar-refractivity contribution in [3.63, 3.8) is 0 Å². The molecule has 1 saturated heterocycles. The van der Waals surface area contributed by atoms with E-state index in [9.17, 15) is 4.79 Å². The number of hydrogen-bond donors (Lipinski definition) is 0. The van der Waals surface area contributed by atoms with Crippen LogP contribution in [0.25, 0.3) is 0 Å². The van der Waals surface area contributed by atoms with E-state index in [4.69, 9.17) is 27.9 Å². The van der Waals surface area contributed by atoms with Gasteiger partial charge >= 0.3 is 0 Å². The Labute approximate surface area is 163 Å². The summed E-state index contributed by atoms with van der Waals surface area (Å²) in [6.45, 7) is 4.85. The summed E-state index contributed by atoms with van der Waals surface area (Å²) in [5, 5.41) is 0.879. The molecule has 6 heteroatoms. The maximum absolute atomic E-state index is 12.6. The van der Waals surface area contributed by atoms with Gasteiger partial charge in [0.05, 0.1) is 16.7 Å². The van der Waals surface area contributed by atoms with Gasteiger partial charge in [-0.3, -0.25) is 9.69 Å². The zero-order valence-electron chi connectivity index (χ0n) is 14.4. The van der Waals surface area contributed by atoms with Gasteiger partial charge in [-0.25, -0.2) is 0 Å². The average Bonchev–Trinajstić information content (AvgIpc) is 3.12. The molecular formula is C20H20Cl2N2O2. The van der Waals surface area contributed by atoms with Crippen LogP contribution in [0.1, 0.15) is 21.5 Å². The Morgan fingerprint density at radius 1 is 1.00 bits per heavy atom. The molecule has 2 aromatic rings. The van der Waals surface area contributed by atoms with E-state index in [0.717, 1.165) is 38.4 Å². The predicted molar refractivity (Wildman–Crippen MR) is 103 cm³/mol. The Morgan fingerprint density at radius 2 is 1.81 bits per heavy atom. The number of carbonyl (C=O) groups excluding carboxylic acids is 1. The third-order valence-electron chi connectivity index (χ3n) is 4.99. The fraction of sp³-hybridized carbons (Fsp3) is 0.350. The number of amides is 1. The van der Waals surface area contributed by atoms with Crippen molar-refractivity contribution in [2.45, 2.75) is 13.0 Å². The van der Waals surface area contributed by atoms with Crippen LogP contribution in [0, 0.1) is 0 Å². The standard InChI is InChI=1S/C20H20Cl2N2O2/c21-17-3-2-16(12-18(17)22)20(25)24-8-6-23(7-9-24)13-14-1-4-19-15(11-14)5-10-26-19/h1-4,11-12H,5-10,13H2. The molecule has 2 aliphatic heterocycles. The van der Waals surface area contributed by atoms with Gasteiger partial charge in [-0.15, -0.1) is 0 Å². The van der Waals surface area contributed by atoms with E-state index in [1.807, 2.05) is 4.90 Å². The molecule has 2 heterocycles. The van der Waals surface area contributed by atoms with Gasteiger partial charge in [0.15, 0.2) is 0 Å². The highest BCUT2D eigenvalue weighted by Crippen LogP contribution is 2.27. The molecule has 1 fully saturated rings. The lowest BCUT2D eigenvalue weighted by Gasteiger charge is -2.35. The summed E-state index contributed by atoms with van der Waals surface area (Å²) in [4.78, 5) is 16.9. The molecule has 0 saturated carbocycles. The Balaban J connectivity index is 1.35. The SMILES string of the molecule is O=C(c1ccc(Cl)c(Cl)c1)N1CCN(Cc2ccc3c(c2)CCO3)CC1. The first-order valence-electron chi connectivity index (χ1n) is 8.81. The van der Waals surface area contributed by atoms with Crippen molar-refractivity contribution >= 4 is 29.1 Å². The minimum Gasteiger partial charge on any atom is -0.493 e. The van der Waals surface area contributed by atoms with E-state index in [-0.39, 0.29) is 5.91 Å². The van der Waals surface area contributed by atoms with Gasteiger partial charge in [-0.05, 0) is 35.4 Å². The molecule has 4 nitrogen and oxygen atoms in total. The molecule has 26 heavy (non-hydrogen) atoms. The Bertz CT molecular complexity index is 833. The van der Waals surface area contributed by atoms with E-state index in [1.165, 1.54) is 11.1 Å². The van der Waals surface area contributed by atoms with Crippen LogP contribution in [0.5, 0.6) is 5.75 Å². The molecular weight excluding hydrogens is 371 g/mol. The Morgan fingerprint density at radius 3 is 2.58 bits per heavy atom. The number of fused-ring (bicyclic) bond motifs is 1. The fourth-order valence-corrected chi connectivity index (χ4v) is 3.82. The zero-order chi connectivity index (χ0) is 18.1. The maximum atomic E-state index is 12.6. The van der Waals surface area contributed by atoms with Gasteiger partial charge in [0.1, 0.15) is 5.75 Å². The van der Waals surface area contributed by atoms with Crippen LogP contribution in [-0.4, -0.2) is 48.5 Å². The second-order valence-electron chi connectivity index (χ2n) is 6.74. The van der Waals surface area contributed by atoms with Crippen LogP contribution < -0.4 is 4.74 Å². The molecule has 2 aliphatic rings. The predicted octanol–water partition coefficient (Wildman–Crippen LogP) is 3.89. The lowest BCUT2D eigenvalue weighted by Crippen LogP contribution is -2.48. The summed E-state index contributed by atoms with van der Waals surface area (Å²) in [7, 11) is 0. The van der Waals surface area contributed by atoms with Gasteiger partial charge in [0.2, 0.25) is 0 Å².